The highest BCUT2D eigenvalue weighted by molar-refractivity contribution is 6.31. The van der Waals surface area contributed by atoms with Crippen LogP contribution in [-0.2, 0) is 18.0 Å². The van der Waals surface area contributed by atoms with Crippen LogP contribution in [0.1, 0.15) is 43.0 Å². The number of benzene rings is 4. The third-order valence-corrected chi connectivity index (χ3v) is 6.19. The van der Waals surface area contributed by atoms with Gasteiger partial charge in [0.05, 0.1) is 11.1 Å². The zero-order chi connectivity index (χ0) is 25.8. The summed E-state index contributed by atoms with van der Waals surface area (Å²) in [6.45, 7) is 0.410. The number of ether oxygens (including phenoxy) is 2. The van der Waals surface area contributed by atoms with Gasteiger partial charge in [-0.05, 0) is 23.3 Å². The van der Waals surface area contributed by atoms with E-state index in [0.29, 0.717) is 11.4 Å². The number of amides is 1. The van der Waals surface area contributed by atoms with E-state index in [4.69, 9.17) is 21.1 Å². The van der Waals surface area contributed by atoms with E-state index in [1.807, 2.05) is 60.7 Å². The van der Waals surface area contributed by atoms with Crippen molar-refractivity contribution in [1.82, 2.24) is 0 Å². The summed E-state index contributed by atoms with van der Waals surface area (Å²) in [5.74, 6) is -0.934. The Bertz CT molecular complexity index is 1490. The first-order valence-corrected chi connectivity index (χ1v) is 12.2. The molecule has 0 atom stereocenters. The molecule has 0 spiro atoms. The third-order valence-electron chi connectivity index (χ3n) is 5.95. The topological polar surface area (TPSA) is 81.7 Å². The summed E-state index contributed by atoms with van der Waals surface area (Å²) in [5, 5.41) is 2.65. The fourth-order valence-corrected chi connectivity index (χ4v) is 4.29. The molecule has 6 nitrogen and oxygen atoms in total. The number of ketones is 2. The van der Waals surface area contributed by atoms with Gasteiger partial charge in [-0.1, -0.05) is 72.8 Å². The van der Waals surface area contributed by atoms with Crippen LogP contribution in [0.5, 0.6) is 11.5 Å². The number of hydrogen-bond donors (Lipinski definition) is 1. The normalized spacial score (nSPS) is 11.9. The van der Waals surface area contributed by atoms with Gasteiger partial charge < -0.3 is 14.8 Å². The van der Waals surface area contributed by atoms with Gasteiger partial charge in [0.15, 0.2) is 5.78 Å². The van der Waals surface area contributed by atoms with Crippen molar-refractivity contribution < 1.29 is 23.9 Å². The summed E-state index contributed by atoms with van der Waals surface area (Å²) in [4.78, 5) is 39.5. The van der Waals surface area contributed by atoms with Crippen molar-refractivity contribution in [1.29, 1.82) is 0 Å². The minimum atomic E-state index is -0.442. The SMILES string of the molecule is O=C(CCl)Nc1cc(OCc2ccccc2)c2c(c1)C(=O)c1cccc(OCc3ccccc3)c1C2=O. The second-order valence-corrected chi connectivity index (χ2v) is 8.73. The molecule has 1 N–H and O–H groups in total. The summed E-state index contributed by atoms with van der Waals surface area (Å²) in [6, 6.07) is 27.0. The lowest BCUT2D eigenvalue weighted by atomic mass is 9.82. The molecule has 0 unspecified atom stereocenters. The minimum Gasteiger partial charge on any atom is -0.488 e. The van der Waals surface area contributed by atoms with Gasteiger partial charge in [-0.15, -0.1) is 11.6 Å². The summed E-state index contributed by atoms with van der Waals surface area (Å²) in [6.07, 6.45) is 0. The zero-order valence-electron chi connectivity index (χ0n) is 19.7. The number of rotatable bonds is 8. The number of fused-ring (bicyclic) bond motifs is 2. The van der Waals surface area contributed by atoms with Crippen molar-refractivity contribution in [3.8, 4) is 11.5 Å². The van der Waals surface area contributed by atoms with Crippen molar-refractivity contribution in [2.45, 2.75) is 13.2 Å². The molecule has 1 amide bonds. The van der Waals surface area contributed by atoms with Crippen LogP contribution in [0.4, 0.5) is 5.69 Å². The first kappa shape index (κ1) is 24.3. The predicted molar refractivity (Wildman–Crippen MR) is 141 cm³/mol. The number of halogens is 1. The molecule has 4 aromatic carbocycles. The quantitative estimate of drug-likeness (QED) is 0.266. The Morgan fingerprint density at radius 1 is 0.676 bits per heavy atom. The molecule has 0 saturated carbocycles. The van der Waals surface area contributed by atoms with Gasteiger partial charge in [-0.3, -0.25) is 14.4 Å². The third kappa shape index (κ3) is 5.10. The van der Waals surface area contributed by atoms with E-state index in [2.05, 4.69) is 5.32 Å². The van der Waals surface area contributed by atoms with Crippen molar-refractivity contribution in [3.63, 3.8) is 0 Å². The number of hydrogen-bond acceptors (Lipinski definition) is 5. The monoisotopic (exact) mass is 511 g/mol. The molecule has 1 aliphatic rings. The fraction of sp³-hybridized carbons (Fsp3) is 0.100. The van der Waals surface area contributed by atoms with E-state index in [9.17, 15) is 14.4 Å². The van der Waals surface area contributed by atoms with Crippen LogP contribution in [0.3, 0.4) is 0 Å². The molecular weight excluding hydrogens is 490 g/mol. The molecule has 184 valence electrons. The molecule has 7 heteroatoms. The number of nitrogens with one attached hydrogen (secondary N) is 1. The fourth-order valence-electron chi connectivity index (χ4n) is 4.22. The summed E-state index contributed by atoms with van der Waals surface area (Å²) >= 11 is 5.66. The zero-order valence-corrected chi connectivity index (χ0v) is 20.5. The lowest BCUT2D eigenvalue weighted by molar-refractivity contribution is -0.113. The Hall–Kier alpha value is -4.42. The summed E-state index contributed by atoms with van der Waals surface area (Å²) in [5.41, 5.74) is 2.83. The van der Waals surface area contributed by atoms with Gasteiger partial charge in [-0.2, -0.15) is 0 Å². The number of alkyl halides is 1. The van der Waals surface area contributed by atoms with E-state index in [-0.39, 0.29) is 58.7 Å². The van der Waals surface area contributed by atoms with Crippen molar-refractivity contribution in [3.05, 3.63) is 124 Å². The Morgan fingerprint density at radius 2 is 1.27 bits per heavy atom. The van der Waals surface area contributed by atoms with Gasteiger partial charge >= 0.3 is 0 Å². The highest BCUT2D eigenvalue weighted by Crippen LogP contribution is 2.39. The summed E-state index contributed by atoms with van der Waals surface area (Å²) in [7, 11) is 0. The summed E-state index contributed by atoms with van der Waals surface area (Å²) < 4.78 is 12.0. The molecule has 4 aromatic rings. The molecule has 0 aromatic heterocycles. The molecule has 37 heavy (non-hydrogen) atoms. The molecule has 1 aliphatic carbocycles. The Morgan fingerprint density at radius 3 is 1.89 bits per heavy atom. The Labute approximate surface area is 218 Å². The first-order chi connectivity index (χ1) is 18.0. The molecule has 0 aliphatic heterocycles. The lowest BCUT2D eigenvalue weighted by Gasteiger charge is -2.23. The molecule has 0 heterocycles. The molecule has 0 fully saturated rings. The van der Waals surface area contributed by atoms with E-state index in [1.54, 1.807) is 18.2 Å². The van der Waals surface area contributed by atoms with Crippen LogP contribution in [0, 0.1) is 0 Å². The van der Waals surface area contributed by atoms with Crippen molar-refractivity contribution >= 4 is 34.8 Å². The van der Waals surface area contributed by atoms with Gasteiger partial charge in [0.1, 0.15) is 30.6 Å². The van der Waals surface area contributed by atoms with Crippen LogP contribution < -0.4 is 14.8 Å². The first-order valence-electron chi connectivity index (χ1n) is 11.6. The molecular formula is C30H22ClNO5. The van der Waals surface area contributed by atoms with E-state index < -0.39 is 5.91 Å². The van der Waals surface area contributed by atoms with Crippen LogP contribution in [0.2, 0.25) is 0 Å². The van der Waals surface area contributed by atoms with E-state index in [0.717, 1.165) is 11.1 Å². The average Bonchev–Trinajstić information content (AvgIpc) is 2.94. The highest BCUT2D eigenvalue weighted by atomic mass is 35.5. The Balaban J connectivity index is 1.55. The highest BCUT2D eigenvalue weighted by Gasteiger charge is 2.35. The molecule has 0 saturated heterocycles. The van der Waals surface area contributed by atoms with Crippen molar-refractivity contribution in [2.75, 3.05) is 11.2 Å². The van der Waals surface area contributed by atoms with Gasteiger partial charge in [-0.25, -0.2) is 0 Å². The predicted octanol–water partition coefficient (Wildman–Crippen LogP) is 5.80. The maximum absolute atomic E-state index is 13.9. The van der Waals surface area contributed by atoms with Crippen LogP contribution in [0.25, 0.3) is 0 Å². The smallest absolute Gasteiger partial charge is 0.239 e. The number of carbonyl (C=O) groups excluding carboxylic acids is 3. The number of anilines is 1. The Kier molecular flexibility index (Phi) is 7.01. The van der Waals surface area contributed by atoms with Crippen LogP contribution >= 0.6 is 11.6 Å². The van der Waals surface area contributed by atoms with Crippen LogP contribution in [-0.4, -0.2) is 23.4 Å². The maximum atomic E-state index is 13.9. The molecule has 0 bridgehead atoms. The average molecular weight is 512 g/mol. The standard InChI is InChI=1S/C30H22ClNO5/c31-16-26(33)32-21-14-23-28(25(15-21)37-18-20-10-5-2-6-11-20)30(35)27-22(29(23)34)12-7-13-24(27)36-17-19-8-3-1-4-9-19/h1-15H,16-18H2,(H,32,33). The second-order valence-electron chi connectivity index (χ2n) is 8.46. The maximum Gasteiger partial charge on any atom is 0.239 e. The lowest BCUT2D eigenvalue weighted by Crippen LogP contribution is -2.24. The van der Waals surface area contributed by atoms with Crippen molar-refractivity contribution in [2.24, 2.45) is 0 Å². The van der Waals surface area contributed by atoms with Gasteiger partial charge in [0, 0.05) is 22.9 Å². The number of carbonyl (C=O) groups is 3. The molecule has 5 rings (SSSR count). The molecule has 0 radical (unpaired) electrons. The largest absolute Gasteiger partial charge is 0.488 e. The minimum absolute atomic E-state index is 0.132. The second kappa shape index (κ2) is 10.7. The van der Waals surface area contributed by atoms with E-state index >= 15 is 0 Å². The van der Waals surface area contributed by atoms with Crippen LogP contribution in [0.15, 0.2) is 91.0 Å². The van der Waals surface area contributed by atoms with E-state index in [1.165, 1.54) is 12.1 Å². The van der Waals surface area contributed by atoms with Gasteiger partial charge in [0.2, 0.25) is 11.7 Å². The van der Waals surface area contributed by atoms with Gasteiger partial charge in [0.25, 0.3) is 0 Å².